The van der Waals surface area contributed by atoms with Crippen LogP contribution in [-0.2, 0) is 0 Å². The first-order valence-electron chi connectivity index (χ1n) is 4.75. The van der Waals surface area contributed by atoms with E-state index < -0.39 is 5.82 Å². The van der Waals surface area contributed by atoms with E-state index in [4.69, 9.17) is 16.3 Å². The van der Waals surface area contributed by atoms with Crippen molar-refractivity contribution in [1.29, 1.82) is 0 Å². The Morgan fingerprint density at radius 1 is 1.50 bits per heavy atom. The van der Waals surface area contributed by atoms with Gasteiger partial charge in [-0.3, -0.25) is 0 Å². The molecule has 0 amide bonds. The Hall–Kier alpha value is -0.760. The van der Waals surface area contributed by atoms with E-state index in [9.17, 15) is 4.39 Å². The first-order valence-corrected chi connectivity index (χ1v) is 5.13. The topological polar surface area (TPSA) is 9.23 Å². The first kappa shape index (κ1) is 9.78. The van der Waals surface area contributed by atoms with Crippen molar-refractivity contribution in [2.75, 3.05) is 6.61 Å². The molecule has 1 nitrogen and oxygen atoms in total. The zero-order chi connectivity index (χ0) is 10.1. The molecule has 0 atom stereocenters. The maximum Gasteiger partial charge on any atom is 0.183 e. The Bertz CT molecular complexity index is 347. The highest BCUT2D eigenvalue weighted by atomic mass is 35.5. The second-order valence-electron chi connectivity index (χ2n) is 3.81. The molecular weight excluding hydrogens is 203 g/mol. The molecule has 0 bridgehead atoms. The zero-order valence-corrected chi connectivity index (χ0v) is 8.77. The Morgan fingerprint density at radius 2 is 2.21 bits per heavy atom. The van der Waals surface area contributed by atoms with E-state index in [2.05, 4.69) is 0 Å². The van der Waals surface area contributed by atoms with E-state index in [0.717, 1.165) is 5.56 Å². The van der Waals surface area contributed by atoms with Crippen molar-refractivity contribution in [3.63, 3.8) is 0 Å². The maximum absolute atomic E-state index is 13.4. The van der Waals surface area contributed by atoms with Crippen LogP contribution in [0, 0.1) is 18.7 Å². The van der Waals surface area contributed by atoms with Crippen LogP contribution in [0.5, 0.6) is 5.75 Å². The van der Waals surface area contributed by atoms with Crippen molar-refractivity contribution in [3.8, 4) is 5.75 Å². The summed E-state index contributed by atoms with van der Waals surface area (Å²) in [6.07, 6.45) is 2.39. The highest BCUT2D eigenvalue weighted by Crippen LogP contribution is 2.32. The number of rotatable bonds is 3. The van der Waals surface area contributed by atoms with Gasteiger partial charge in [0.05, 0.1) is 11.6 Å². The minimum absolute atomic E-state index is 0.135. The van der Waals surface area contributed by atoms with Crippen LogP contribution in [0.15, 0.2) is 12.1 Å². The lowest BCUT2D eigenvalue weighted by Crippen LogP contribution is -2.01. The first-order chi connectivity index (χ1) is 6.66. The lowest BCUT2D eigenvalue weighted by atomic mass is 10.2. The van der Waals surface area contributed by atoms with E-state index in [1.165, 1.54) is 12.8 Å². The molecule has 1 aromatic rings. The number of halogens is 2. The fourth-order valence-corrected chi connectivity index (χ4v) is 1.56. The lowest BCUT2D eigenvalue weighted by Gasteiger charge is -2.08. The van der Waals surface area contributed by atoms with E-state index in [-0.39, 0.29) is 10.8 Å². The highest BCUT2D eigenvalue weighted by molar-refractivity contribution is 6.30. The molecule has 1 fully saturated rings. The van der Waals surface area contributed by atoms with Crippen LogP contribution in [0.4, 0.5) is 4.39 Å². The van der Waals surface area contributed by atoms with Gasteiger partial charge in [0, 0.05) is 0 Å². The quantitative estimate of drug-likeness (QED) is 0.748. The Balaban J connectivity index is 2.13. The van der Waals surface area contributed by atoms with Crippen LogP contribution in [0.2, 0.25) is 5.02 Å². The van der Waals surface area contributed by atoms with Crippen molar-refractivity contribution in [1.82, 2.24) is 0 Å². The summed E-state index contributed by atoms with van der Waals surface area (Å²) in [5, 5.41) is 0.135. The van der Waals surface area contributed by atoms with Crippen molar-refractivity contribution in [3.05, 3.63) is 28.5 Å². The average Bonchev–Trinajstić information content (AvgIpc) is 2.92. The number of benzene rings is 1. The number of aryl methyl sites for hydroxylation is 1. The SMILES string of the molecule is Cc1cc(Cl)c(F)c(OCC2CC2)c1. The third kappa shape index (κ3) is 2.18. The number of hydrogen-bond donors (Lipinski definition) is 0. The smallest absolute Gasteiger partial charge is 0.183 e. The standard InChI is InChI=1S/C11H12ClFO/c1-7-4-9(12)11(13)10(5-7)14-6-8-2-3-8/h4-5,8H,2-3,6H2,1H3. The molecule has 1 aliphatic rings. The molecule has 0 spiro atoms. The van der Waals surface area contributed by atoms with E-state index in [0.29, 0.717) is 12.5 Å². The Labute approximate surface area is 87.8 Å². The maximum atomic E-state index is 13.4. The van der Waals surface area contributed by atoms with Gasteiger partial charge in [-0.15, -0.1) is 0 Å². The molecule has 1 aliphatic carbocycles. The summed E-state index contributed by atoms with van der Waals surface area (Å²) in [7, 11) is 0. The monoisotopic (exact) mass is 214 g/mol. The molecule has 2 rings (SSSR count). The Morgan fingerprint density at radius 3 is 2.86 bits per heavy atom. The third-order valence-corrected chi connectivity index (χ3v) is 2.59. The molecule has 0 radical (unpaired) electrons. The summed E-state index contributed by atoms with van der Waals surface area (Å²) < 4.78 is 18.8. The summed E-state index contributed by atoms with van der Waals surface area (Å²) >= 11 is 5.70. The van der Waals surface area contributed by atoms with Crippen LogP contribution in [0.3, 0.4) is 0 Å². The van der Waals surface area contributed by atoms with Gasteiger partial charge in [-0.25, -0.2) is 4.39 Å². The van der Waals surface area contributed by atoms with Crippen molar-refractivity contribution in [2.45, 2.75) is 19.8 Å². The normalized spacial score (nSPS) is 15.6. The molecule has 0 saturated heterocycles. The van der Waals surface area contributed by atoms with Crippen LogP contribution in [0.1, 0.15) is 18.4 Å². The predicted molar refractivity (Wildman–Crippen MR) is 54.4 cm³/mol. The van der Waals surface area contributed by atoms with Gasteiger partial charge in [0.1, 0.15) is 0 Å². The molecule has 1 saturated carbocycles. The van der Waals surface area contributed by atoms with Gasteiger partial charge >= 0.3 is 0 Å². The summed E-state index contributed by atoms with van der Waals surface area (Å²) in [5.41, 5.74) is 0.919. The fourth-order valence-electron chi connectivity index (χ4n) is 1.29. The van der Waals surface area contributed by atoms with Gasteiger partial charge in [0.2, 0.25) is 0 Å². The number of hydrogen-bond acceptors (Lipinski definition) is 1. The molecule has 0 heterocycles. The molecule has 76 valence electrons. The van der Waals surface area contributed by atoms with Crippen molar-refractivity contribution in [2.24, 2.45) is 5.92 Å². The summed E-state index contributed by atoms with van der Waals surface area (Å²) in [5.74, 6) is 0.452. The molecular formula is C11H12ClFO. The van der Waals surface area contributed by atoms with Crippen molar-refractivity contribution < 1.29 is 9.13 Å². The minimum atomic E-state index is -0.446. The van der Waals surface area contributed by atoms with Crippen LogP contribution in [-0.4, -0.2) is 6.61 Å². The Kier molecular flexibility index (Phi) is 2.64. The van der Waals surface area contributed by atoms with E-state index in [1.807, 2.05) is 6.92 Å². The van der Waals surface area contributed by atoms with Gasteiger partial charge in [-0.05, 0) is 43.4 Å². The van der Waals surface area contributed by atoms with E-state index in [1.54, 1.807) is 12.1 Å². The molecule has 1 aromatic carbocycles. The molecule has 14 heavy (non-hydrogen) atoms. The van der Waals surface area contributed by atoms with Crippen LogP contribution >= 0.6 is 11.6 Å². The summed E-state index contributed by atoms with van der Waals surface area (Å²) in [6, 6.07) is 3.28. The van der Waals surface area contributed by atoms with Gasteiger partial charge in [-0.1, -0.05) is 11.6 Å². The second-order valence-corrected chi connectivity index (χ2v) is 4.22. The van der Waals surface area contributed by atoms with Gasteiger partial charge in [0.15, 0.2) is 11.6 Å². The molecule has 0 aromatic heterocycles. The summed E-state index contributed by atoms with van der Waals surface area (Å²) in [6.45, 7) is 2.48. The zero-order valence-electron chi connectivity index (χ0n) is 8.02. The molecule has 0 aliphatic heterocycles. The van der Waals surface area contributed by atoms with Gasteiger partial charge < -0.3 is 4.74 Å². The highest BCUT2D eigenvalue weighted by Gasteiger charge is 2.22. The van der Waals surface area contributed by atoms with E-state index >= 15 is 0 Å². The minimum Gasteiger partial charge on any atom is -0.490 e. The van der Waals surface area contributed by atoms with Gasteiger partial charge in [0.25, 0.3) is 0 Å². The lowest BCUT2D eigenvalue weighted by molar-refractivity contribution is 0.285. The predicted octanol–water partition coefficient (Wildman–Crippen LogP) is 3.58. The number of ether oxygens (including phenoxy) is 1. The summed E-state index contributed by atoms with van der Waals surface area (Å²) in [4.78, 5) is 0. The van der Waals surface area contributed by atoms with Gasteiger partial charge in [-0.2, -0.15) is 0 Å². The molecule has 3 heteroatoms. The van der Waals surface area contributed by atoms with Crippen molar-refractivity contribution >= 4 is 11.6 Å². The largest absolute Gasteiger partial charge is 0.490 e. The fraction of sp³-hybridized carbons (Fsp3) is 0.455. The van der Waals surface area contributed by atoms with Crippen LogP contribution < -0.4 is 4.74 Å². The third-order valence-electron chi connectivity index (χ3n) is 2.31. The molecule has 0 unspecified atom stereocenters. The molecule has 0 N–H and O–H groups in total. The van der Waals surface area contributed by atoms with Crippen LogP contribution in [0.25, 0.3) is 0 Å². The second kappa shape index (κ2) is 3.77. The average molecular weight is 215 g/mol.